The number of nitriles is 1. The number of benzene rings is 4. The van der Waals surface area contributed by atoms with E-state index in [2.05, 4.69) is 114 Å². The number of para-hydroxylation sites is 4. The summed E-state index contributed by atoms with van der Waals surface area (Å²) < 4.78 is 8.39. The first-order chi connectivity index (χ1) is 21.0. The highest BCUT2D eigenvalue weighted by Crippen LogP contribution is 2.51. The van der Waals surface area contributed by atoms with Crippen LogP contribution >= 0.6 is 0 Å². The standard InChI is InChI=1S/C39H31N3O/c1-39(2)23-28(32(24-40)38-41-34-11-5-8-14-37(34)43-38)22-27-21-26(17-20-33(27)39)25-15-18-29(19-16-25)42-35-12-6-3-9-30(35)31-10-4-7-13-36(31)42/h3-16,18-19,21-22,33H,17,20,23H2,1-2H3/b32-28-. The molecule has 8 rings (SSSR count). The first kappa shape index (κ1) is 25.6. The van der Waals surface area contributed by atoms with Crippen molar-refractivity contribution in [2.75, 3.05) is 0 Å². The van der Waals surface area contributed by atoms with Gasteiger partial charge in [0.2, 0.25) is 5.89 Å². The topological polar surface area (TPSA) is 54.8 Å². The van der Waals surface area contributed by atoms with Gasteiger partial charge in [-0.05, 0) is 89.3 Å². The summed E-state index contributed by atoms with van der Waals surface area (Å²) >= 11 is 0. The van der Waals surface area contributed by atoms with Crippen LogP contribution in [0.25, 0.3) is 49.7 Å². The van der Waals surface area contributed by atoms with Gasteiger partial charge in [-0.2, -0.15) is 5.26 Å². The summed E-state index contributed by atoms with van der Waals surface area (Å²) in [5.41, 5.74) is 10.5. The molecule has 2 aromatic heterocycles. The van der Waals surface area contributed by atoms with Crippen molar-refractivity contribution in [1.29, 1.82) is 5.26 Å². The maximum absolute atomic E-state index is 10.2. The molecular formula is C39H31N3O. The third kappa shape index (κ3) is 4.15. The highest BCUT2D eigenvalue weighted by molar-refractivity contribution is 6.09. The summed E-state index contributed by atoms with van der Waals surface area (Å²) in [6.45, 7) is 4.65. The third-order valence-electron chi connectivity index (χ3n) is 9.39. The van der Waals surface area contributed by atoms with E-state index in [9.17, 15) is 5.26 Å². The molecule has 0 radical (unpaired) electrons. The molecule has 0 N–H and O–H groups in total. The summed E-state index contributed by atoms with van der Waals surface area (Å²) in [6, 6.07) is 36.4. The van der Waals surface area contributed by atoms with E-state index in [1.54, 1.807) is 0 Å². The van der Waals surface area contributed by atoms with Crippen LogP contribution in [0.1, 0.15) is 44.6 Å². The van der Waals surface area contributed by atoms with E-state index in [1.807, 2.05) is 24.3 Å². The van der Waals surface area contributed by atoms with Crippen LogP contribution in [-0.4, -0.2) is 9.55 Å². The van der Waals surface area contributed by atoms with Crippen LogP contribution in [0.3, 0.4) is 0 Å². The molecular weight excluding hydrogens is 526 g/mol. The van der Waals surface area contributed by atoms with Crippen LogP contribution in [0.2, 0.25) is 0 Å². The largest absolute Gasteiger partial charge is 0.435 e. The molecule has 0 aliphatic heterocycles. The molecule has 2 aliphatic rings. The Morgan fingerprint density at radius 2 is 1.53 bits per heavy atom. The van der Waals surface area contributed by atoms with Crippen molar-refractivity contribution < 1.29 is 4.42 Å². The normalized spacial score (nSPS) is 19.1. The van der Waals surface area contributed by atoms with Gasteiger partial charge in [-0.15, -0.1) is 0 Å². The minimum absolute atomic E-state index is 0.0238. The molecule has 4 nitrogen and oxygen atoms in total. The number of hydrogen-bond donors (Lipinski definition) is 0. The monoisotopic (exact) mass is 557 g/mol. The summed E-state index contributed by atoms with van der Waals surface area (Å²) in [5.74, 6) is 0.853. The van der Waals surface area contributed by atoms with Gasteiger partial charge in [0.15, 0.2) is 5.58 Å². The molecule has 208 valence electrons. The number of hydrogen-bond acceptors (Lipinski definition) is 3. The lowest BCUT2D eigenvalue weighted by molar-refractivity contribution is 0.228. The van der Waals surface area contributed by atoms with Gasteiger partial charge in [0.05, 0.1) is 11.0 Å². The Balaban J connectivity index is 1.19. The van der Waals surface area contributed by atoms with Crippen molar-refractivity contribution in [3.63, 3.8) is 0 Å². The second-order valence-corrected chi connectivity index (χ2v) is 12.5. The van der Waals surface area contributed by atoms with Crippen LogP contribution in [-0.2, 0) is 0 Å². The number of rotatable bonds is 3. The van der Waals surface area contributed by atoms with E-state index < -0.39 is 0 Å². The second-order valence-electron chi connectivity index (χ2n) is 12.5. The van der Waals surface area contributed by atoms with Gasteiger partial charge in [-0.3, -0.25) is 0 Å². The first-order valence-electron chi connectivity index (χ1n) is 15.0. The van der Waals surface area contributed by atoms with Crippen molar-refractivity contribution in [3.8, 4) is 11.8 Å². The Kier molecular flexibility index (Phi) is 5.77. The lowest BCUT2D eigenvalue weighted by Gasteiger charge is -2.42. The van der Waals surface area contributed by atoms with Crippen molar-refractivity contribution in [1.82, 2.24) is 9.55 Å². The molecule has 4 heteroatoms. The molecule has 43 heavy (non-hydrogen) atoms. The highest BCUT2D eigenvalue weighted by atomic mass is 16.3. The number of aromatic nitrogens is 2. The highest BCUT2D eigenvalue weighted by Gasteiger charge is 2.38. The molecule has 2 aliphatic carbocycles. The Morgan fingerprint density at radius 1 is 0.860 bits per heavy atom. The van der Waals surface area contributed by atoms with Gasteiger partial charge in [-0.1, -0.05) is 86.7 Å². The lowest BCUT2D eigenvalue weighted by Crippen LogP contribution is -2.31. The zero-order chi connectivity index (χ0) is 29.1. The smallest absolute Gasteiger partial charge is 0.238 e. The summed E-state index contributed by atoms with van der Waals surface area (Å²) in [5, 5.41) is 12.8. The van der Waals surface area contributed by atoms with Crippen LogP contribution in [0.4, 0.5) is 0 Å². The van der Waals surface area contributed by atoms with Gasteiger partial charge in [0.25, 0.3) is 0 Å². The Hall–Kier alpha value is -5.14. The van der Waals surface area contributed by atoms with E-state index >= 15 is 0 Å². The van der Waals surface area contributed by atoms with E-state index in [0.29, 0.717) is 23.0 Å². The number of allylic oxidation sites excluding steroid dienone is 6. The molecule has 0 fully saturated rings. The molecule has 2 heterocycles. The van der Waals surface area contributed by atoms with Gasteiger partial charge in [0, 0.05) is 16.5 Å². The van der Waals surface area contributed by atoms with E-state index in [0.717, 1.165) is 36.0 Å². The maximum Gasteiger partial charge on any atom is 0.238 e. The van der Waals surface area contributed by atoms with Gasteiger partial charge in [0.1, 0.15) is 17.2 Å². The van der Waals surface area contributed by atoms with Crippen molar-refractivity contribution >= 4 is 44.1 Å². The second kappa shape index (κ2) is 9.71. The average Bonchev–Trinajstić information content (AvgIpc) is 3.60. The molecule has 1 atom stereocenters. The van der Waals surface area contributed by atoms with E-state index in [-0.39, 0.29) is 5.41 Å². The summed E-state index contributed by atoms with van der Waals surface area (Å²) in [7, 11) is 0. The minimum Gasteiger partial charge on any atom is -0.435 e. The fraction of sp³-hybridized carbons (Fsp3) is 0.179. The van der Waals surface area contributed by atoms with Gasteiger partial charge >= 0.3 is 0 Å². The third-order valence-corrected chi connectivity index (χ3v) is 9.39. The predicted molar refractivity (Wildman–Crippen MR) is 175 cm³/mol. The Labute approximate surface area is 250 Å². The first-order valence-corrected chi connectivity index (χ1v) is 15.0. The van der Waals surface area contributed by atoms with Crippen molar-refractivity contribution in [2.45, 2.75) is 33.1 Å². The number of oxazole rings is 1. The molecule has 0 saturated heterocycles. The van der Waals surface area contributed by atoms with Gasteiger partial charge in [-0.25, -0.2) is 4.98 Å². The minimum atomic E-state index is 0.0238. The van der Waals surface area contributed by atoms with Crippen LogP contribution in [0, 0.1) is 22.7 Å². The summed E-state index contributed by atoms with van der Waals surface area (Å²) in [6.07, 6.45) is 7.55. The number of nitrogens with zero attached hydrogens (tertiary/aromatic N) is 3. The fourth-order valence-corrected chi connectivity index (χ4v) is 7.34. The zero-order valence-electron chi connectivity index (χ0n) is 24.3. The Bertz CT molecular complexity index is 2110. The molecule has 4 aromatic carbocycles. The number of fused-ring (bicyclic) bond motifs is 5. The molecule has 0 amide bonds. The molecule has 6 aromatic rings. The van der Waals surface area contributed by atoms with Crippen LogP contribution in [0.5, 0.6) is 0 Å². The zero-order valence-corrected chi connectivity index (χ0v) is 24.3. The maximum atomic E-state index is 10.2. The average molecular weight is 558 g/mol. The van der Waals surface area contributed by atoms with Gasteiger partial charge < -0.3 is 8.98 Å². The molecule has 0 saturated carbocycles. The Morgan fingerprint density at radius 3 is 2.23 bits per heavy atom. The van der Waals surface area contributed by atoms with Crippen molar-refractivity contribution in [2.24, 2.45) is 11.3 Å². The van der Waals surface area contributed by atoms with E-state index in [1.165, 1.54) is 38.5 Å². The summed E-state index contributed by atoms with van der Waals surface area (Å²) in [4.78, 5) is 4.65. The van der Waals surface area contributed by atoms with Crippen molar-refractivity contribution in [3.05, 3.63) is 132 Å². The van der Waals surface area contributed by atoms with Crippen LogP contribution in [0.15, 0.2) is 125 Å². The molecule has 0 spiro atoms. The quantitative estimate of drug-likeness (QED) is 0.203. The fourth-order valence-electron chi connectivity index (χ4n) is 7.34. The lowest BCUT2D eigenvalue weighted by atomic mass is 9.62. The predicted octanol–water partition coefficient (Wildman–Crippen LogP) is 10.1. The van der Waals surface area contributed by atoms with Crippen LogP contribution < -0.4 is 0 Å². The molecule has 0 bridgehead atoms. The SMILES string of the molecule is CC1(C)C/C(=C(/C#N)c2nc3ccccc3o2)C=C2C=C(c3ccc(-n4c5ccccc5c5ccccc54)cc3)CCC21. The molecule has 1 unspecified atom stereocenters. The van der Waals surface area contributed by atoms with E-state index in [4.69, 9.17) is 4.42 Å².